The molecule has 0 bridgehead atoms. The zero-order valence-corrected chi connectivity index (χ0v) is 14.2. The SMILES string of the molecule is CC(C)CN1C(=O)C(SCCO)=C(c2ccc([N+](=O)[O-])cc2)C1=O. The lowest BCUT2D eigenvalue weighted by molar-refractivity contribution is -0.384. The lowest BCUT2D eigenvalue weighted by Gasteiger charge is -2.17. The van der Waals surface area contributed by atoms with Gasteiger partial charge in [0.15, 0.2) is 0 Å². The van der Waals surface area contributed by atoms with Gasteiger partial charge in [0.2, 0.25) is 0 Å². The molecule has 0 spiro atoms. The average molecular weight is 350 g/mol. The second-order valence-electron chi connectivity index (χ2n) is 5.69. The van der Waals surface area contributed by atoms with Crippen molar-refractivity contribution in [3.63, 3.8) is 0 Å². The summed E-state index contributed by atoms with van der Waals surface area (Å²) in [5.74, 6) is -0.359. The Morgan fingerprint density at radius 2 is 1.83 bits per heavy atom. The van der Waals surface area contributed by atoms with E-state index in [9.17, 15) is 19.7 Å². The summed E-state index contributed by atoms with van der Waals surface area (Å²) in [7, 11) is 0. The number of non-ortho nitro benzene ring substituents is 1. The number of nitrogens with zero attached hydrogens (tertiary/aromatic N) is 2. The largest absolute Gasteiger partial charge is 0.396 e. The summed E-state index contributed by atoms with van der Waals surface area (Å²) in [6.07, 6.45) is 0. The zero-order valence-electron chi connectivity index (χ0n) is 13.4. The standard InChI is InChI=1S/C16H18N2O5S/c1-10(2)9-17-15(20)13(14(16(17)21)24-8-7-19)11-3-5-12(6-4-11)18(22)23/h3-6,10,19H,7-9H2,1-2H3. The van der Waals surface area contributed by atoms with E-state index in [0.29, 0.717) is 17.9 Å². The van der Waals surface area contributed by atoms with Gasteiger partial charge in [-0.15, -0.1) is 11.8 Å². The van der Waals surface area contributed by atoms with Crippen molar-refractivity contribution in [2.75, 3.05) is 18.9 Å². The summed E-state index contributed by atoms with van der Waals surface area (Å²) < 4.78 is 0. The number of carbonyl (C=O) groups excluding carboxylic acids is 2. The maximum Gasteiger partial charge on any atom is 0.269 e. The summed E-state index contributed by atoms with van der Waals surface area (Å²) in [4.78, 5) is 37.0. The summed E-state index contributed by atoms with van der Waals surface area (Å²) in [6, 6.07) is 5.55. The molecule has 1 heterocycles. The molecule has 0 saturated heterocycles. The molecule has 0 unspecified atom stereocenters. The van der Waals surface area contributed by atoms with E-state index >= 15 is 0 Å². The Bertz CT molecular complexity index is 697. The lowest BCUT2D eigenvalue weighted by Crippen LogP contribution is -2.34. The molecule has 0 aromatic heterocycles. The third-order valence-electron chi connectivity index (χ3n) is 3.38. The van der Waals surface area contributed by atoms with Gasteiger partial charge in [0, 0.05) is 24.4 Å². The van der Waals surface area contributed by atoms with E-state index in [2.05, 4.69) is 0 Å². The quantitative estimate of drug-likeness (QED) is 0.459. The zero-order chi connectivity index (χ0) is 17.9. The normalized spacial score (nSPS) is 14.9. The molecule has 8 heteroatoms. The second-order valence-corrected chi connectivity index (χ2v) is 6.80. The summed E-state index contributed by atoms with van der Waals surface area (Å²) in [5, 5.41) is 19.8. The highest BCUT2D eigenvalue weighted by Crippen LogP contribution is 2.36. The number of nitro benzene ring substituents is 1. The second kappa shape index (κ2) is 7.59. The highest BCUT2D eigenvalue weighted by molar-refractivity contribution is 8.04. The van der Waals surface area contributed by atoms with Gasteiger partial charge < -0.3 is 5.11 Å². The fourth-order valence-electron chi connectivity index (χ4n) is 2.37. The van der Waals surface area contributed by atoms with Crippen molar-refractivity contribution in [3.05, 3.63) is 44.8 Å². The van der Waals surface area contributed by atoms with Crippen molar-refractivity contribution < 1.29 is 19.6 Å². The van der Waals surface area contributed by atoms with Gasteiger partial charge >= 0.3 is 0 Å². The van der Waals surface area contributed by atoms with E-state index in [1.165, 1.54) is 29.2 Å². The van der Waals surface area contributed by atoms with E-state index in [0.717, 1.165) is 11.8 Å². The van der Waals surface area contributed by atoms with Gasteiger partial charge in [-0.1, -0.05) is 13.8 Å². The van der Waals surface area contributed by atoms with E-state index in [4.69, 9.17) is 5.11 Å². The highest BCUT2D eigenvalue weighted by atomic mass is 32.2. The number of aliphatic hydroxyl groups is 1. The number of imide groups is 1. The first-order valence-electron chi connectivity index (χ1n) is 7.45. The summed E-state index contributed by atoms with van der Waals surface area (Å²) in [6.45, 7) is 4.00. The van der Waals surface area contributed by atoms with Gasteiger partial charge in [0.25, 0.3) is 17.5 Å². The Hall–Kier alpha value is -2.19. The van der Waals surface area contributed by atoms with Crippen LogP contribution >= 0.6 is 11.8 Å². The summed E-state index contributed by atoms with van der Waals surface area (Å²) >= 11 is 1.12. The topological polar surface area (TPSA) is 101 Å². The number of carbonyl (C=O) groups is 2. The van der Waals surface area contributed by atoms with E-state index in [1.807, 2.05) is 13.8 Å². The molecule has 0 aliphatic carbocycles. The van der Waals surface area contributed by atoms with Gasteiger partial charge in [-0.2, -0.15) is 0 Å². The Labute approximate surface area is 143 Å². The third kappa shape index (κ3) is 3.65. The fraction of sp³-hybridized carbons (Fsp3) is 0.375. The van der Waals surface area contributed by atoms with Crippen molar-refractivity contribution in [3.8, 4) is 0 Å². The summed E-state index contributed by atoms with van der Waals surface area (Å²) in [5.41, 5.74) is 0.624. The van der Waals surface area contributed by atoms with Crippen LogP contribution in [0.15, 0.2) is 29.2 Å². The molecule has 1 aliphatic heterocycles. The molecule has 2 amide bonds. The number of aliphatic hydroxyl groups excluding tert-OH is 1. The van der Waals surface area contributed by atoms with Crippen LogP contribution in [0.2, 0.25) is 0 Å². The molecule has 7 nitrogen and oxygen atoms in total. The number of thioether (sulfide) groups is 1. The molecule has 24 heavy (non-hydrogen) atoms. The molecule has 0 fully saturated rings. The molecule has 2 rings (SSSR count). The molecule has 0 saturated carbocycles. The van der Waals surface area contributed by atoms with Crippen LogP contribution in [0.1, 0.15) is 19.4 Å². The predicted molar refractivity (Wildman–Crippen MR) is 91.1 cm³/mol. The Morgan fingerprint density at radius 1 is 1.21 bits per heavy atom. The molecule has 128 valence electrons. The van der Waals surface area contributed by atoms with E-state index < -0.39 is 10.8 Å². The molecule has 1 aromatic carbocycles. The molecule has 1 N–H and O–H groups in total. The highest BCUT2D eigenvalue weighted by Gasteiger charge is 2.39. The van der Waals surface area contributed by atoms with E-state index in [-0.39, 0.29) is 34.6 Å². The number of hydrogen-bond acceptors (Lipinski definition) is 6. The molecule has 0 atom stereocenters. The van der Waals surface area contributed by atoms with Gasteiger partial charge in [-0.3, -0.25) is 24.6 Å². The maximum absolute atomic E-state index is 12.7. The van der Waals surface area contributed by atoms with Crippen LogP contribution in [0.4, 0.5) is 5.69 Å². The minimum atomic E-state index is -0.522. The number of benzene rings is 1. The van der Waals surface area contributed by atoms with Crippen LogP contribution in [0.3, 0.4) is 0 Å². The first kappa shape index (κ1) is 18.2. The number of amides is 2. The molecule has 1 aromatic rings. The molecular formula is C16H18N2O5S. The average Bonchev–Trinajstić information content (AvgIpc) is 2.76. The Morgan fingerprint density at radius 3 is 2.33 bits per heavy atom. The van der Waals surface area contributed by atoms with Crippen molar-refractivity contribution in [1.29, 1.82) is 0 Å². The monoisotopic (exact) mass is 350 g/mol. The van der Waals surface area contributed by atoms with Crippen LogP contribution < -0.4 is 0 Å². The number of rotatable bonds is 7. The number of nitro groups is 1. The minimum absolute atomic E-state index is 0.0836. The van der Waals surface area contributed by atoms with Crippen LogP contribution in [-0.2, 0) is 9.59 Å². The van der Waals surface area contributed by atoms with Crippen LogP contribution in [0.5, 0.6) is 0 Å². The fourth-order valence-corrected chi connectivity index (χ4v) is 3.25. The first-order valence-corrected chi connectivity index (χ1v) is 8.44. The molecular weight excluding hydrogens is 332 g/mol. The first-order chi connectivity index (χ1) is 11.4. The van der Waals surface area contributed by atoms with Crippen LogP contribution in [0, 0.1) is 16.0 Å². The lowest BCUT2D eigenvalue weighted by atomic mass is 10.1. The van der Waals surface area contributed by atoms with Crippen LogP contribution in [0.25, 0.3) is 5.57 Å². The Balaban J connectivity index is 2.43. The third-order valence-corrected chi connectivity index (χ3v) is 4.43. The van der Waals surface area contributed by atoms with E-state index in [1.54, 1.807) is 0 Å². The molecule has 1 aliphatic rings. The Kier molecular flexibility index (Phi) is 5.74. The van der Waals surface area contributed by atoms with Gasteiger partial charge in [-0.05, 0) is 23.6 Å². The van der Waals surface area contributed by atoms with Gasteiger partial charge in [-0.25, -0.2) is 0 Å². The van der Waals surface area contributed by atoms with Crippen molar-refractivity contribution in [2.45, 2.75) is 13.8 Å². The minimum Gasteiger partial charge on any atom is -0.396 e. The molecule has 0 radical (unpaired) electrons. The van der Waals surface area contributed by atoms with Gasteiger partial charge in [0.1, 0.15) is 0 Å². The van der Waals surface area contributed by atoms with Gasteiger partial charge in [0.05, 0.1) is 22.0 Å². The van der Waals surface area contributed by atoms with Crippen LogP contribution in [-0.4, -0.2) is 45.6 Å². The predicted octanol–water partition coefficient (Wildman–Crippen LogP) is 2.06. The number of hydrogen-bond donors (Lipinski definition) is 1. The van der Waals surface area contributed by atoms with Crippen molar-refractivity contribution >= 4 is 34.8 Å². The van der Waals surface area contributed by atoms with Crippen molar-refractivity contribution in [2.24, 2.45) is 5.92 Å². The smallest absolute Gasteiger partial charge is 0.269 e. The maximum atomic E-state index is 12.7. The van der Waals surface area contributed by atoms with Crippen molar-refractivity contribution in [1.82, 2.24) is 4.90 Å².